The monoisotopic (exact) mass is 426 g/mol. The fourth-order valence-corrected chi connectivity index (χ4v) is 2.58. The van der Waals surface area contributed by atoms with Crippen molar-refractivity contribution in [3.63, 3.8) is 0 Å². The predicted molar refractivity (Wildman–Crippen MR) is 120 cm³/mol. The van der Waals surface area contributed by atoms with Crippen LogP contribution in [0.15, 0.2) is 74.2 Å². The number of rotatable bonds is 16. The predicted octanol–water partition coefficient (Wildman–Crippen LogP) is 5.54. The molecule has 6 heteroatoms. The summed E-state index contributed by atoms with van der Waals surface area (Å²) >= 11 is 0. The van der Waals surface area contributed by atoms with Crippen LogP contribution in [-0.4, -0.2) is 32.4 Å². The van der Waals surface area contributed by atoms with E-state index in [1.165, 1.54) is 12.5 Å². The van der Waals surface area contributed by atoms with Gasteiger partial charge in [-0.05, 0) is 74.2 Å². The van der Waals surface area contributed by atoms with Crippen LogP contribution < -0.4 is 14.2 Å². The van der Waals surface area contributed by atoms with E-state index in [2.05, 4.69) is 13.2 Å². The molecule has 0 aliphatic heterocycles. The van der Waals surface area contributed by atoms with Gasteiger partial charge in [0, 0.05) is 0 Å². The van der Waals surface area contributed by atoms with Crippen molar-refractivity contribution in [3.05, 3.63) is 79.8 Å². The summed E-state index contributed by atoms with van der Waals surface area (Å²) in [5.41, 5.74) is 0.453. The van der Waals surface area contributed by atoms with Crippen LogP contribution >= 0.6 is 0 Å². The third-order valence-corrected chi connectivity index (χ3v) is 4.21. The van der Waals surface area contributed by atoms with Crippen LogP contribution in [0.4, 0.5) is 0 Å². The number of benzene rings is 2. The lowest BCUT2D eigenvalue weighted by atomic mass is 10.2. The van der Waals surface area contributed by atoms with E-state index in [9.17, 15) is 4.79 Å². The van der Waals surface area contributed by atoms with Gasteiger partial charge in [-0.1, -0.05) is 13.2 Å². The van der Waals surface area contributed by atoms with Gasteiger partial charge in [0.1, 0.15) is 17.2 Å². The molecule has 0 saturated carbocycles. The zero-order valence-corrected chi connectivity index (χ0v) is 17.8. The van der Waals surface area contributed by atoms with Crippen LogP contribution in [0.3, 0.4) is 0 Å². The highest BCUT2D eigenvalue weighted by atomic mass is 16.5. The van der Waals surface area contributed by atoms with Crippen molar-refractivity contribution in [1.29, 1.82) is 0 Å². The first-order valence-corrected chi connectivity index (χ1v) is 10.4. The molecular weight excluding hydrogens is 396 g/mol. The molecule has 2 aromatic carbocycles. The molecule has 2 aromatic rings. The van der Waals surface area contributed by atoms with Gasteiger partial charge < -0.3 is 23.7 Å². The average molecular weight is 427 g/mol. The van der Waals surface area contributed by atoms with E-state index in [1.54, 1.807) is 48.5 Å². The Labute approximate surface area is 184 Å². The van der Waals surface area contributed by atoms with Gasteiger partial charge >= 0.3 is 5.97 Å². The third kappa shape index (κ3) is 9.76. The Hall–Kier alpha value is -3.41. The van der Waals surface area contributed by atoms with Gasteiger partial charge in [-0.15, -0.1) is 0 Å². The summed E-state index contributed by atoms with van der Waals surface area (Å²) in [6.07, 6.45) is 6.43. The smallest absolute Gasteiger partial charge is 0.343 e. The van der Waals surface area contributed by atoms with E-state index in [1.807, 2.05) is 0 Å². The molecule has 0 aliphatic rings. The van der Waals surface area contributed by atoms with Crippen LogP contribution in [0.25, 0.3) is 0 Å². The Morgan fingerprint density at radius 1 is 0.645 bits per heavy atom. The summed E-state index contributed by atoms with van der Waals surface area (Å²) in [6, 6.07) is 13.9. The highest BCUT2D eigenvalue weighted by Crippen LogP contribution is 2.20. The first-order chi connectivity index (χ1) is 15.2. The van der Waals surface area contributed by atoms with Gasteiger partial charge in [-0.3, -0.25) is 0 Å². The maximum absolute atomic E-state index is 12.3. The second-order valence-corrected chi connectivity index (χ2v) is 6.57. The van der Waals surface area contributed by atoms with Crippen molar-refractivity contribution in [3.8, 4) is 17.2 Å². The molecule has 6 nitrogen and oxygen atoms in total. The minimum Gasteiger partial charge on any atom is -0.502 e. The molecular formula is C25H30O6. The van der Waals surface area contributed by atoms with Crippen LogP contribution in [-0.2, 0) is 9.47 Å². The highest BCUT2D eigenvalue weighted by molar-refractivity contribution is 5.91. The zero-order valence-electron chi connectivity index (χ0n) is 17.8. The molecule has 0 saturated heterocycles. The van der Waals surface area contributed by atoms with E-state index < -0.39 is 5.97 Å². The summed E-state index contributed by atoms with van der Waals surface area (Å²) in [7, 11) is 0. The summed E-state index contributed by atoms with van der Waals surface area (Å²) in [5, 5.41) is 0. The quantitative estimate of drug-likeness (QED) is 0.152. The number of carbonyl (C=O) groups excluding carboxylic acids is 1. The van der Waals surface area contributed by atoms with Crippen molar-refractivity contribution < 1.29 is 28.5 Å². The maximum atomic E-state index is 12.3. The molecule has 0 heterocycles. The molecule has 31 heavy (non-hydrogen) atoms. The molecule has 0 aliphatic carbocycles. The van der Waals surface area contributed by atoms with E-state index in [0.29, 0.717) is 43.5 Å². The van der Waals surface area contributed by atoms with Crippen LogP contribution in [0.2, 0.25) is 0 Å². The van der Waals surface area contributed by atoms with E-state index >= 15 is 0 Å². The van der Waals surface area contributed by atoms with Gasteiger partial charge in [-0.25, -0.2) is 4.79 Å². The number of carbonyl (C=O) groups is 1. The van der Waals surface area contributed by atoms with Crippen molar-refractivity contribution in [2.75, 3.05) is 26.4 Å². The van der Waals surface area contributed by atoms with Gasteiger partial charge in [0.25, 0.3) is 0 Å². The van der Waals surface area contributed by atoms with Crippen molar-refractivity contribution in [1.82, 2.24) is 0 Å². The molecule has 0 radical (unpaired) electrons. The fourth-order valence-electron chi connectivity index (χ4n) is 2.58. The Balaban J connectivity index is 1.70. The Morgan fingerprint density at radius 3 is 1.55 bits per heavy atom. The molecule has 2 rings (SSSR count). The number of unbranched alkanes of at least 4 members (excludes halogenated alkanes) is 2. The third-order valence-electron chi connectivity index (χ3n) is 4.21. The summed E-state index contributed by atoms with van der Waals surface area (Å²) < 4.78 is 26.8. The lowest BCUT2D eigenvalue weighted by molar-refractivity contribution is 0.0734. The summed E-state index contributed by atoms with van der Waals surface area (Å²) in [5.74, 6) is 1.46. The van der Waals surface area contributed by atoms with Crippen LogP contribution in [0.5, 0.6) is 17.2 Å². The molecule has 0 spiro atoms. The van der Waals surface area contributed by atoms with Gasteiger partial charge in [0.2, 0.25) is 0 Å². The standard InChI is InChI=1S/C25H30O6/c1-3-27-17-5-7-19-29-22-11-9-21(10-12-22)25(26)31-24-15-13-23(14-16-24)30-20-8-6-18-28-4-2/h3-4,9-16H,1-2,5-8,17-20H2. The van der Waals surface area contributed by atoms with E-state index in [0.717, 1.165) is 31.4 Å². The first-order valence-electron chi connectivity index (χ1n) is 10.4. The van der Waals surface area contributed by atoms with Gasteiger partial charge in [0.15, 0.2) is 0 Å². The molecule has 0 fully saturated rings. The minimum absolute atomic E-state index is 0.427. The lowest BCUT2D eigenvalue weighted by Crippen LogP contribution is -2.08. The van der Waals surface area contributed by atoms with Gasteiger partial charge in [0.05, 0.1) is 44.5 Å². The molecule has 0 aromatic heterocycles. The molecule has 166 valence electrons. The molecule has 0 bridgehead atoms. The number of ether oxygens (including phenoxy) is 5. The van der Waals surface area contributed by atoms with E-state index in [4.69, 9.17) is 23.7 Å². The number of hydrogen-bond acceptors (Lipinski definition) is 6. The number of hydrogen-bond donors (Lipinski definition) is 0. The van der Waals surface area contributed by atoms with Crippen LogP contribution in [0.1, 0.15) is 36.0 Å². The zero-order chi connectivity index (χ0) is 22.2. The van der Waals surface area contributed by atoms with Gasteiger partial charge in [-0.2, -0.15) is 0 Å². The Morgan fingerprint density at radius 2 is 1.06 bits per heavy atom. The normalized spacial score (nSPS) is 10.1. The topological polar surface area (TPSA) is 63.2 Å². The molecule has 0 unspecified atom stereocenters. The van der Waals surface area contributed by atoms with E-state index in [-0.39, 0.29) is 0 Å². The maximum Gasteiger partial charge on any atom is 0.343 e. The summed E-state index contributed by atoms with van der Waals surface area (Å²) in [6.45, 7) is 9.45. The summed E-state index contributed by atoms with van der Waals surface area (Å²) in [4.78, 5) is 12.3. The van der Waals surface area contributed by atoms with Crippen LogP contribution in [0, 0.1) is 0 Å². The first kappa shape index (κ1) is 23.9. The minimum atomic E-state index is -0.427. The SMILES string of the molecule is C=COCCCCOc1ccc(OC(=O)c2ccc(OCCCCOC=C)cc2)cc1. The van der Waals surface area contributed by atoms with Crippen molar-refractivity contribution >= 4 is 5.97 Å². The largest absolute Gasteiger partial charge is 0.502 e. The molecule has 0 N–H and O–H groups in total. The Kier molecular flexibility index (Phi) is 11.2. The highest BCUT2D eigenvalue weighted by Gasteiger charge is 2.09. The second-order valence-electron chi connectivity index (χ2n) is 6.57. The Bertz CT molecular complexity index is 783. The second kappa shape index (κ2) is 14.6. The molecule has 0 atom stereocenters. The van der Waals surface area contributed by atoms with Crippen molar-refractivity contribution in [2.45, 2.75) is 25.7 Å². The van der Waals surface area contributed by atoms with Crippen molar-refractivity contribution in [2.24, 2.45) is 0 Å². The fraction of sp³-hybridized carbons (Fsp3) is 0.320. The molecule has 0 amide bonds. The lowest BCUT2D eigenvalue weighted by Gasteiger charge is -2.09. The average Bonchev–Trinajstić information content (AvgIpc) is 2.80. The number of esters is 1.